The maximum Gasteiger partial charge on any atom is 0.261 e. The Kier molecular flexibility index (Phi) is 2.50. The molecule has 16 heavy (non-hydrogen) atoms. The van der Waals surface area contributed by atoms with Crippen LogP contribution in [0.3, 0.4) is 0 Å². The molecule has 0 radical (unpaired) electrons. The highest BCUT2D eigenvalue weighted by Gasteiger charge is 2.34. The van der Waals surface area contributed by atoms with E-state index in [-0.39, 0.29) is 17.4 Å². The molecule has 82 valence electrons. The van der Waals surface area contributed by atoms with E-state index in [0.717, 1.165) is 5.56 Å². The normalized spacial score (nSPS) is 20.1. The van der Waals surface area contributed by atoms with Crippen molar-refractivity contribution in [2.45, 2.75) is 5.92 Å². The van der Waals surface area contributed by atoms with E-state index in [2.05, 4.69) is 0 Å². The van der Waals surface area contributed by atoms with Gasteiger partial charge in [-0.15, -0.1) is 0 Å². The highest BCUT2D eigenvalue weighted by atomic mass is 16.2. The van der Waals surface area contributed by atoms with Crippen molar-refractivity contribution in [3.63, 3.8) is 0 Å². The molecule has 1 aliphatic heterocycles. The van der Waals surface area contributed by atoms with Gasteiger partial charge in [-0.2, -0.15) is 0 Å². The van der Waals surface area contributed by atoms with Crippen LogP contribution in [-0.4, -0.2) is 30.3 Å². The fourth-order valence-electron chi connectivity index (χ4n) is 1.92. The first-order valence-corrected chi connectivity index (χ1v) is 4.99. The summed E-state index contributed by atoms with van der Waals surface area (Å²) in [5.74, 6) is 1.33. The van der Waals surface area contributed by atoms with Crippen molar-refractivity contribution in [3.05, 3.63) is 35.4 Å². The molecule has 1 aromatic rings. The zero-order chi connectivity index (χ0) is 11.7. The van der Waals surface area contributed by atoms with Crippen molar-refractivity contribution in [3.8, 4) is 0 Å². The molecule has 1 unspecified atom stereocenters. The molecule has 1 amide bonds. The van der Waals surface area contributed by atoms with Gasteiger partial charge in [0, 0.05) is 25.2 Å². The molecule has 0 saturated carbocycles. The second kappa shape index (κ2) is 3.83. The lowest BCUT2D eigenvalue weighted by atomic mass is 9.94. The van der Waals surface area contributed by atoms with Crippen molar-refractivity contribution < 1.29 is 9.59 Å². The molecule has 0 aromatic heterocycles. The molecule has 4 nitrogen and oxygen atoms in total. The first-order chi connectivity index (χ1) is 7.63. The van der Waals surface area contributed by atoms with Crippen molar-refractivity contribution in [1.29, 1.82) is 0 Å². The lowest BCUT2D eigenvalue weighted by Crippen LogP contribution is -2.19. The number of hydrogen-bond donors (Lipinski definition) is 1. The van der Waals surface area contributed by atoms with Gasteiger partial charge in [0.15, 0.2) is 0 Å². The molecular weight excluding hydrogens is 204 g/mol. The Morgan fingerprint density at radius 2 is 2.00 bits per heavy atom. The van der Waals surface area contributed by atoms with Gasteiger partial charge in [0.1, 0.15) is 11.5 Å². The predicted octanol–water partition coefficient (Wildman–Crippen LogP) is 0.582. The summed E-state index contributed by atoms with van der Waals surface area (Å²) in [4.78, 5) is 23.9. The summed E-state index contributed by atoms with van der Waals surface area (Å²) in [5.41, 5.74) is 7.37. The molecule has 4 heteroatoms. The summed E-state index contributed by atoms with van der Waals surface area (Å²) in [6.45, 7) is 0.521. The third-order valence-electron chi connectivity index (χ3n) is 2.83. The zero-order valence-electron chi connectivity index (χ0n) is 8.93. The Morgan fingerprint density at radius 3 is 2.56 bits per heavy atom. The summed E-state index contributed by atoms with van der Waals surface area (Å²) in [7, 11) is 1.68. The number of carbonyl (C=O) groups excluding carboxylic acids is 2. The topological polar surface area (TPSA) is 63.4 Å². The number of carbonyl (C=O) groups is 1. The summed E-state index contributed by atoms with van der Waals surface area (Å²) in [5, 5.41) is 0. The number of nitrogen functional groups attached to an aromatic ring is 1. The zero-order valence-corrected chi connectivity index (χ0v) is 8.93. The Hall–Kier alpha value is -2.06. The first-order valence-electron chi connectivity index (χ1n) is 4.99. The van der Waals surface area contributed by atoms with Gasteiger partial charge in [-0.25, -0.2) is 4.79 Å². The Balaban J connectivity index is 2.39. The molecule has 1 aliphatic rings. The molecule has 1 aromatic carbocycles. The van der Waals surface area contributed by atoms with Crippen LogP contribution in [-0.2, 0) is 9.59 Å². The van der Waals surface area contributed by atoms with E-state index in [1.807, 2.05) is 12.1 Å². The molecule has 2 rings (SSSR count). The fraction of sp³-hybridized carbons (Fsp3) is 0.250. The van der Waals surface area contributed by atoms with E-state index in [1.165, 1.54) is 4.90 Å². The van der Waals surface area contributed by atoms with Gasteiger partial charge >= 0.3 is 0 Å². The fourth-order valence-corrected chi connectivity index (χ4v) is 1.92. The number of anilines is 1. The third-order valence-corrected chi connectivity index (χ3v) is 2.83. The highest BCUT2D eigenvalue weighted by molar-refractivity contribution is 6.04. The third kappa shape index (κ3) is 1.59. The molecule has 0 aliphatic carbocycles. The van der Waals surface area contributed by atoms with E-state index >= 15 is 0 Å². The molecule has 1 saturated heterocycles. The average molecular weight is 216 g/mol. The van der Waals surface area contributed by atoms with Crippen molar-refractivity contribution in [2.24, 2.45) is 0 Å². The number of nitrogens with two attached hydrogens (primary N) is 1. The van der Waals surface area contributed by atoms with Crippen LogP contribution in [0.15, 0.2) is 29.8 Å². The molecule has 1 atom stereocenters. The van der Waals surface area contributed by atoms with Gasteiger partial charge in [0.25, 0.3) is 5.91 Å². The highest BCUT2D eigenvalue weighted by Crippen LogP contribution is 2.30. The number of benzene rings is 1. The minimum Gasteiger partial charge on any atom is -0.399 e. The van der Waals surface area contributed by atoms with Gasteiger partial charge in [-0.3, -0.25) is 4.79 Å². The second-order valence-electron chi connectivity index (χ2n) is 3.92. The molecule has 0 bridgehead atoms. The molecular formula is C12H12N2O2. The lowest BCUT2D eigenvalue weighted by molar-refractivity contribution is -0.123. The maximum absolute atomic E-state index is 11.6. The number of likely N-dealkylation sites (N-methyl/N-ethyl adjacent to an activating group) is 1. The number of amides is 1. The summed E-state index contributed by atoms with van der Waals surface area (Å²) >= 11 is 0. The van der Waals surface area contributed by atoms with E-state index in [9.17, 15) is 9.59 Å². The van der Waals surface area contributed by atoms with Gasteiger partial charge in [0.05, 0.1) is 0 Å². The Bertz CT molecular complexity index is 472. The van der Waals surface area contributed by atoms with E-state index in [4.69, 9.17) is 5.73 Å². The number of nitrogens with zero attached hydrogens (tertiary/aromatic N) is 1. The molecule has 1 fully saturated rings. The van der Waals surface area contributed by atoms with Crippen LogP contribution in [0.4, 0.5) is 5.69 Å². The average Bonchev–Trinajstić information content (AvgIpc) is 2.56. The minimum atomic E-state index is -0.239. The van der Waals surface area contributed by atoms with Gasteiger partial charge < -0.3 is 10.6 Å². The van der Waals surface area contributed by atoms with Crippen molar-refractivity contribution in [2.75, 3.05) is 19.3 Å². The monoisotopic (exact) mass is 216 g/mol. The number of rotatable bonds is 1. The van der Waals surface area contributed by atoms with Crippen LogP contribution in [0.1, 0.15) is 11.5 Å². The lowest BCUT2D eigenvalue weighted by Gasteiger charge is -2.09. The van der Waals surface area contributed by atoms with E-state index in [0.29, 0.717) is 12.2 Å². The Morgan fingerprint density at radius 1 is 1.38 bits per heavy atom. The van der Waals surface area contributed by atoms with Crippen molar-refractivity contribution >= 4 is 17.5 Å². The minimum absolute atomic E-state index is 0.185. The summed E-state index contributed by atoms with van der Waals surface area (Å²) in [6.07, 6.45) is 0. The van der Waals surface area contributed by atoms with Crippen LogP contribution in [0.25, 0.3) is 0 Å². The largest absolute Gasteiger partial charge is 0.399 e. The van der Waals surface area contributed by atoms with Gasteiger partial charge in [0.2, 0.25) is 0 Å². The van der Waals surface area contributed by atoms with Gasteiger partial charge in [-0.1, -0.05) is 12.1 Å². The first kappa shape index (κ1) is 10.5. The standard InChI is InChI=1S/C12H12N2O2/c1-14-6-10(11(7-15)12(14)16)8-2-4-9(13)5-3-8/h2-5,10H,6,13H2,1H3. The molecule has 2 N–H and O–H groups in total. The summed E-state index contributed by atoms with van der Waals surface area (Å²) in [6, 6.07) is 7.20. The van der Waals surface area contributed by atoms with Crippen LogP contribution in [0, 0.1) is 0 Å². The van der Waals surface area contributed by atoms with E-state index in [1.54, 1.807) is 25.1 Å². The quantitative estimate of drug-likeness (QED) is 0.424. The van der Waals surface area contributed by atoms with Gasteiger partial charge in [-0.05, 0) is 17.7 Å². The van der Waals surface area contributed by atoms with Crippen LogP contribution in [0.5, 0.6) is 0 Å². The van der Waals surface area contributed by atoms with Crippen LogP contribution >= 0.6 is 0 Å². The van der Waals surface area contributed by atoms with Crippen molar-refractivity contribution in [1.82, 2.24) is 4.90 Å². The van der Waals surface area contributed by atoms with Crippen LogP contribution < -0.4 is 5.73 Å². The Labute approximate surface area is 93.3 Å². The van der Waals surface area contributed by atoms with Crippen LogP contribution in [0.2, 0.25) is 0 Å². The predicted molar refractivity (Wildman–Crippen MR) is 60.4 cm³/mol. The maximum atomic E-state index is 11.6. The van der Waals surface area contributed by atoms with E-state index < -0.39 is 0 Å². The summed E-state index contributed by atoms with van der Waals surface area (Å²) < 4.78 is 0. The smallest absolute Gasteiger partial charge is 0.261 e. The second-order valence-corrected chi connectivity index (χ2v) is 3.92. The molecule has 0 spiro atoms. The molecule has 1 heterocycles. The number of hydrogen-bond acceptors (Lipinski definition) is 3. The number of likely N-dealkylation sites (tertiary alicyclic amines) is 1. The SMILES string of the molecule is CN1CC(c2ccc(N)cc2)C(=C=O)C1=O.